The highest BCUT2D eigenvalue weighted by molar-refractivity contribution is 5.80. The van der Waals surface area contributed by atoms with Crippen molar-refractivity contribution < 1.29 is 0 Å². The molecule has 0 saturated heterocycles. The Morgan fingerprint density at radius 2 is 1.84 bits per heavy atom. The van der Waals surface area contributed by atoms with E-state index >= 15 is 0 Å². The Morgan fingerprint density at radius 3 is 2.64 bits per heavy atom. The number of benzene rings is 1. The van der Waals surface area contributed by atoms with Crippen LogP contribution in [0.15, 0.2) is 58.5 Å². The Morgan fingerprint density at radius 1 is 1.04 bits per heavy atom. The van der Waals surface area contributed by atoms with Gasteiger partial charge >= 0.3 is 5.69 Å². The van der Waals surface area contributed by atoms with Crippen molar-refractivity contribution >= 4 is 10.9 Å². The topological polar surface area (TPSA) is 85.6 Å². The van der Waals surface area contributed by atoms with Gasteiger partial charge in [-0.1, -0.05) is 18.2 Å². The number of nitrogens with zero attached hydrogens (tertiary/aromatic N) is 4. The number of fused-ring (bicyclic) bond motifs is 1. The predicted molar refractivity (Wildman–Crippen MR) is 94.6 cm³/mol. The molecule has 3 aromatic heterocycles. The largest absolute Gasteiger partial charge is 0.333 e. The van der Waals surface area contributed by atoms with Crippen molar-refractivity contribution in [2.45, 2.75) is 13.8 Å². The van der Waals surface area contributed by atoms with Gasteiger partial charge in [0.25, 0.3) is 5.56 Å². The molecule has 0 aliphatic rings. The molecule has 0 spiro atoms. The lowest BCUT2D eigenvalue weighted by atomic mass is 10.2. The Bertz CT molecular complexity index is 1220. The van der Waals surface area contributed by atoms with E-state index in [2.05, 4.69) is 15.1 Å². The van der Waals surface area contributed by atoms with Crippen LogP contribution in [0.1, 0.15) is 11.3 Å². The van der Waals surface area contributed by atoms with Crippen molar-refractivity contribution in [3.05, 3.63) is 81.0 Å². The van der Waals surface area contributed by atoms with Crippen LogP contribution in [0, 0.1) is 13.8 Å². The molecular formula is C18H15N5O2. The summed E-state index contributed by atoms with van der Waals surface area (Å²) in [6.07, 6.45) is 4.85. The van der Waals surface area contributed by atoms with Gasteiger partial charge in [-0.3, -0.25) is 9.78 Å². The molecule has 1 aromatic carbocycles. The second-order valence-corrected chi connectivity index (χ2v) is 5.88. The molecule has 0 bridgehead atoms. The minimum Gasteiger partial charge on any atom is -0.309 e. The number of hydrogen-bond acceptors (Lipinski definition) is 4. The first-order valence-electron chi connectivity index (χ1n) is 7.77. The van der Waals surface area contributed by atoms with Crippen LogP contribution < -0.4 is 11.2 Å². The zero-order chi connectivity index (χ0) is 17.6. The third-order valence-electron chi connectivity index (χ3n) is 4.07. The zero-order valence-electron chi connectivity index (χ0n) is 13.7. The van der Waals surface area contributed by atoms with Gasteiger partial charge in [0, 0.05) is 17.3 Å². The summed E-state index contributed by atoms with van der Waals surface area (Å²) in [6.45, 7) is 3.54. The highest BCUT2D eigenvalue weighted by Gasteiger charge is 2.17. The maximum absolute atomic E-state index is 13.1. The second kappa shape index (κ2) is 5.55. The van der Waals surface area contributed by atoms with Crippen molar-refractivity contribution in [1.29, 1.82) is 0 Å². The number of H-pyrrole nitrogens is 1. The normalized spacial score (nSPS) is 11.1. The lowest BCUT2D eigenvalue weighted by molar-refractivity contribution is 0.792. The van der Waals surface area contributed by atoms with E-state index in [4.69, 9.17) is 0 Å². The zero-order valence-corrected chi connectivity index (χ0v) is 13.7. The van der Waals surface area contributed by atoms with Crippen molar-refractivity contribution in [3.8, 4) is 11.4 Å². The Balaban J connectivity index is 2.07. The number of nitrogens with one attached hydrogen (secondary N) is 1. The molecule has 0 aliphatic carbocycles. The average Bonchev–Trinajstić information content (AvgIpc) is 2.99. The fourth-order valence-electron chi connectivity index (χ4n) is 2.93. The molecule has 1 N–H and O–H groups in total. The van der Waals surface area contributed by atoms with Crippen LogP contribution in [-0.2, 0) is 0 Å². The van der Waals surface area contributed by atoms with Gasteiger partial charge in [-0.05, 0) is 31.5 Å². The van der Waals surface area contributed by atoms with E-state index in [1.807, 2.05) is 31.2 Å². The Kier molecular flexibility index (Phi) is 3.35. The molecule has 4 aromatic rings. The van der Waals surface area contributed by atoms with Crippen LogP contribution >= 0.6 is 0 Å². The summed E-state index contributed by atoms with van der Waals surface area (Å²) >= 11 is 0. The number of pyridine rings is 1. The first-order valence-corrected chi connectivity index (χ1v) is 7.77. The number of rotatable bonds is 2. The van der Waals surface area contributed by atoms with Gasteiger partial charge < -0.3 is 4.98 Å². The van der Waals surface area contributed by atoms with Gasteiger partial charge in [-0.15, -0.1) is 0 Å². The van der Waals surface area contributed by atoms with Crippen LogP contribution in [0.2, 0.25) is 0 Å². The summed E-state index contributed by atoms with van der Waals surface area (Å²) in [5.74, 6) is 0. The van der Waals surface area contributed by atoms with Gasteiger partial charge in [-0.2, -0.15) is 5.10 Å². The van der Waals surface area contributed by atoms with Crippen molar-refractivity contribution in [2.75, 3.05) is 0 Å². The first kappa shape index (κ1) is 15.1. The third-order valence-corrected chi connectivity index (χ3v) is 4.07. The molecule has 7 heteroatoms. The van der Waals surface area contributed by atoms with E-state index in [1.54, 1.807) is 30.1 Å². The molecule has 0 atom stereocenters. The van der Waals surface area contributed by atoms with Crippen molar-refractivity contribution in [3.63, 3.8) is 0 Å². The number of aryl methyl sites for hydroxylation is 2. The summed E-state index contributed by atoms with van der Waals surface area (Å²) in [6, 6.07) is 9.33. The lowest BCUT2D eigenvalue weighted by Crippen LogP contribution is -2.37. The molecule has 0 unspecified atom stereocenters. The highest BCUT2D eigenvalue weighted by atomic mass is 16.2. The van der Waals surface area contributed by atoms with E-state index in [0.29, 0.717) is 17.1 Å². The monoisotopic (exact) mass is 333 g/mol. The predicted octanol–water partition coefficient (Wildman–Crippen LogP) is 1.88. The SMILES string of the molecule is Cc1cncc(-n2c(=O)[nH]c(C)c(-n3ncc4ccccc43)c2=O)c1. The van der Waals surface area contributed by atoms with E-state index in [1.165, 1.54) is 6.20 Å². The molecular weight excluding hydrogens is 318 g/mol. The smallest absolute Gasteiger partial charge is 0.309 e. The van der Waals surface area contributed by atoms with Gasteiger partial charge in [0.1, 0.15) is 0 Å². The first-order chi connectivity index (χ1) is 12.1. The molecule has 7 nitrogen and oxygen atoms in total. The van der Waals surface area contributed by atoms with E-state index in [9.17, 15) is 9.59 Å². The average molecular weight is 333 g/mol. The van der Waals surface area contributed by atoms with Crippen molar-refractivity contribution in [1.82, 2.24) is 24.3 Å². The van der Waals surface area contributed by atoms with Gasteiger partial charge in [0.15, 0.2) is 5.69 Å². The van der Waals surface area contributed by atoms with Gasteiger partial charge in [0.05, 0.1) is 23.6 Å². The molecule has 124 valence electrons. The maximum Gasteiger partial charge on any atom is 0.333 e. The molecule has 0 amide bonds. The maximum atomic E-state index is 13.1. The van der Waals surface area contributed by atoms with Crippen LogP contribution in [0.4, 0.5) is 0 Å². The van der Waals surface area contributed by atoms with Crippen LogP contribution in [-0.4, -0.2) is 24.3 Å². The van der Waals surface area contributed by atoms with Crippen LogP contribution in [0.25, 0.3) is 22.3 Å². The lowest BCUT2D eigenvalue weighted by Gasteiger charge is -2.11. The number of hydrogen-bond donors (Lipinski definition) is 1. The summed E-state index contributed by atoms with van der Waals surface area (Å²) in [4.78, 5) is 32.3. The van der Waals surface area contributed by atoms with Crippen LogP contribution in [0.3, 0.4) is 0 Å². The quantitative estimate of drug-likeness (QED) is 0.607. The third kappa shape index (κ3) is 2.37. The molecule has 25 heavy (non-hydrogen) atoms. The minimum absolute atomic E-state index is 0.308. The van der Waals surface area contributed by atoms with Crippen molar-refractivity contribution in [2.24, 2.45) is 0 Å². The Labute approximate surface area is 142 Å². The summed E-state index contributed by atoms with van der Waals surface area (Å²) in [5.41, 5.74) is 1.89. The number of para-hydroxylation sites is 1. The van der Waals surface area contributed by atoms with E-state index in [0.717, 1.165) is 21.0 Å². The molecule has 0 aliphatic heterocycles. The summed E-state index contributed by atoms with van der Waals surface area (Å²) in [5, 5.41) is 5.25. The van der Waals surface area contributed by atoms with Gasteiger partial charge in [-0.25, -0.2) is 14.0 Å². The fraction of sp³-hybridized carbons (Fsp3) is 0.111. The molecule has 0 saturated carbocycles. The van der Waals surface area contributed by atoms with E-state index < -0.39 is 11.2 Å². The van der Waals surface area contributed by atoms with E-state index in [-0.39, 0.29) is 0 Å². The standard InChI is InChI=1S/C18H15N5O2/c1-11-7-14(10-19-8-11)22-17(24)16(12(2)21-18(22)25)23-15-6-4-3-5-13(15)9-20-23/h3-10H,1-2H3,(H,21,25). The molecule has 0 radical (unpaired) electrons. The molecule has 3 heterocycles. The molecule has 0 fully saturated rings. The summed E-state index contributed by atoms with van der Waals surface area (Å²) < 4.78 is 2.64. The van der Waals surface area contributed by atoms with Gasteiger partial charge in [0.2, 0.25) is 0 Å². The second-order valence-electron chi connectivity index (χ2n) is 5.88. The highest BCUT2D eigenvalue weighted by Crippen LogP contribution is 2.17. The fourth-order valence-corrected chi connectivity index (χ4v) is 2.93. The number of aromatic amines is 1. The Hall–Kier alpha value is -3.48. The summed E-state index contributed by atoms with van der Waals surface area (Å²) in [7, 11) is 0. The molecule has 4 rings (SSSR count). The minimum atomic E-state index is -0.505. The number of aromatic nitrogens is 5. The van der Waals surface area contributed by atoms with Crippen LogP contribution in [0.5, 0.6) is 0 Å².